The summed E-state index contributed by atoms with van der Waals surface area (Å²) in [7, 11) is -2.12. The Labute approximate surface area is 155 Å². The van der Waals surface area contributed by atoms with Gasteiger partial charge in [0, 0.05) is 16.6 Å². The summed E-state index contributed by atoms with van der Waals surface area (Å²) in [6.45, 7) is 0.439. The third kappa shape index (κ3) is 6.15. The molecule has 0 fully saturated rings. The summed E-state index contributed by atoms with van der Waals surface area (Å²) in [5.74, 6) is 0.605. The quantitative estimate of drug-likeness (QED) is 0.634. The molecular weight excluding hydrogens is 408 g/mol. The topological polar surface area (TPSA) is 84.5 Å². The van der Waals surface area contributed by atoms with Crippen molar-refractivity contribution in [1.29, 1.82) is 0 Å². The summed E-state index contributed by atoms with van der Waals surface area (Å²) < 4.78 is 32.0. The molecule has 2 rings (SSSR count). The molecule has 0 unspecified atom stereocenters. The maximum Gasteiger partial charge on any atom is 0.240 e. The van der Waals surface area contributed by atoms with Crippen molar-refractivity contribution in [2.75, 3.05) is 19.0 Å². The number of amides is 1. The summed E-state index contributed by atoms with van der Waals surface area (Å²) in [5, 5.41) is 2.73. The second-order valence-electron chi connectivity index (χ2n) is 5.19. The minimum atomic E-state index is -3.47. The lowest BCUT2D eigenvalue weighted by molar-refractivity contribution is -0.116. The van der Waals surface area contributed by atoms with E-state index in [1.165, 1.54) is 19.2 Å². The molecule has 0 spiro atoms. The fraction of sp³-hybridized carbons (Fsp3) is 0.235. The molecule has 0 aliphatic rings. The predicted octanol–water partition coefficient (Wildman–Crippen LogP) is 3.15. The molecule has 0 saturated carbocycles. The van der Waals surface area contributed by atoms with Gasteiger partial charge in [0.25, 0.3) is 0 Å². The van der Waals surface area contributed by atoms with Gasteiger partial charge in [0.15, 0.2) is 0 Å². The van der Waals surface area contributed by atoms with Crippen LogP contribution in [0.1, 0.15) is 12.8 Å². The number of benzene rings is 2. The van der Waals surface area contributed by atoms with Crippen LogP contribution in [0.5, 0.6) is 5.75 Å². The lowest BCUT2D eigenvalue weighted by Gasteiger charge is -2.08. The van der Waals surface area contributed by atoms with Crippen molar-refractivity contribution < 1.29 is 17.9 Å². The number of sulfonamides is 1. The molecule has 6 nitrogen and oxygen atoms in total. The number of halogens is 1. The number of hydrogen-bond donors (Lipinski definition) is 2. The van der Waals surface area contributed by atoms with E-state index in [9.17, 15) is 13.2 Å². The van der Waals surface area contributed by atoms with Crippen LogP contribution >= 0.6 is 15.9 Å². The highest BCUT2D eigenvalue weighted by molar-refractivity contribution is 9.10. The first kappa shape index (κ1) is 19.4. The van der Waals surface area contributed by atoms with Crippen molar-refractivity contribution in [2.45, 2.75) is 17.7 Å². The Morgan fingerprint density at radius 2 is 1.72 bits per heavy atom. The van der Waals surface area contributed by atoms with Gasteiger partial charge in [0.05, 0.1) is 11.5 Å². The lowest BCUT2D eigenvalue weighted by Crippen LogP contribution is -2.18. The van der Waals surface area contributed by atoms with Gasteiger partial charge in [-0.25, -0.2) is 13.1 Å². The van der Waals surface area contributed by atoms with Crippen LogP contribution < -0.4 is 14.8 Å². The molecule has 1 amide bonds. The number of carbonyl (C=O) groups excluding carboxylic acids is 1. The van der Waals surface area contributed by atoms with Gasteiger partial charge in [-0.2, -0.15) is 0 Å². The molecule has 0 aromatic heterocycles. The monoisotopic (exact) mass is 426 g/mol. The Morgan fingerprint density at radius 1 is 1.08 bits per heavy atom. The van der Waals surface area contributed by atoms with Crippen LogP contribution in [0.25, 0.3) is 0 Å². The summed E-state index contributed by atoms with van der Waals surface area (Å²) in [6.07, 6.45) is 0.890. The number of anilines is 1. The highest BCUT2D eigenvalue weighted by atomic mass is 79.9. The van der Waals surface area contributed by atoms with E-state index in [-0.39, 0.29) is 10.8 Å². The number of nitrogens with one attached hydrogen (secondary N) is 2. The first-order valence-corrected chi connectivity index (χ1v) is 9.90. The zero-order valence-corrected chi connectivity index (χ0v) is 16.1. The van der Waals surface area contributed by atoms with Gasteiger partial charge in [0.2, 0.25) is 15.9 Å². The first-order chi connectivity index (χ1) is 11.9. The average Bonchev–Trinajstić information content (AvgIpc) is 2.61. The molecule has 0 atom stereocenters. The second kappa shape index (κ2) is 8.98. The first-order valence-electron chi connectivity index (χ1n) is 7.62. The molecule has 0 radical (unpaired) electrons. The van der Waals surface area contributed by atoms with Gasteiger partial charge in [-0.15, -0.1) is 0 Å². The third-order valence-electron chi connectivity index (χ3n) is 3.35. The van der Waals surface area contributed by atoms with Gasteiger partial charge in [-0.1, -0.05) is 15.9 Å². The summed E-state index contributed by atoms with van der Waals surface area (Å²) in [5.41, 5.74) is 0.550. The SMILES string of the molecule is CNS(=O)(=O)c1ccc(NC(=O)CCCOc2ccc(Br)cc2)cc1. The number of rotatable bonds is 8. The lowest BCUT2D eigenvalue weighted by atomic mass is 10.2. The number of hydrogen-bond acceptors (Lipinski definition) is 4. The van der Waals surface area contributed by atoms with E-state index in [0.717, 1.165) is 10.2 Å². The van der Waals surface area contributed by atoms with E-state index in [1.807, 2.05) is 24.3 Å². The molecule has 0 bridgehead atoms. The molecule has 134 valence electrons. The van der Waals surface area contributed by atoms with Crippen LogP contribution in [0.4, 0.5) is 5.69 Å². The highest BCUT2D eigenvalue weighted by Gasteiger charge is 2.11. The van der Waals surface area contributed by atoms with Gasteiger partial charge in [-0.3, -0.25) is 4.79 Å². The zero-order valence-electron chi connectivity index (χ0n) is 13.7. The number of carbonyl (C=O) groups is 1. The Bertz CT molecular complexity index is 806. The Balaban J connectivity index is 1.75. The van der Waals surface area contributed by atoms with Crippen LogP contribution in [0.2, 0.25) is 0 Å². The standard InChI is InChI=1S/C17H19BrN2O4S/c1-19-25(22,23)16-10-6-14(7-11-16)20-17(21)3-2-12-24-15-8-4-13(18)5-9-15/h4-11,19H,2-3,12H2,1H3,(H,20,21). The predicted molar refractivity (Wildman–Crippen MR) is 100 cm³/mol. The van der Waals surface area contributed by atoms with E-state index in [1.54, 1.807) is 12.1 Å². The molecule has 0 aliphatic carbocycles. The summed E-state index contributed by atoms with van der Waals surface area (Å²) in [6, 6.07) is 13.5. The Hall–Kier alpha value is -1.90. The van der Waals surface area contributed by atoms with Gasteiger partial charge in [-0.05, 0) is 62.0 Å². The summed E-state index contributed by atoms with van der Waals surface area (Å²) >= 11 is 3.35. The fourth-order valence-corrected chi connectivity index (χ4v) is 3.01. The average molecular weight is 427 g/mol. The molecule has 2 aromatic carbocycles. The fourth-order valence-electron chi connectivity index (χ4n) is 2.01. The van der Waals surface area contributed by atoms with E-state index < -0.39 is 10.0 Å². The smallest absolute Gasteiger partial charge is 0.240 e. The zero-order chi connectivity index (χ0) is 18.3. The van der Waals surface area contributed by atoms with Crippen molar-refractivity contribution in [2.24, 2.45) is 0 Å². The van der Waals surface area contributed by atoms with Crippen LogP contribution in [-0.2, 0) is 14.8 Å². The largest absolute Gasteiger partial charge is 0.494 e. The van der Waals surface area contributed by atoms with Crippen molar-refractivity contribution in [1.82, 2.24) is 4.72 Å². The summed E-state index contributed by atoms with van der Waals surface area (Å²) in [4.78, 5) is 12.1. The molecule has 2 N–H and O–H groups in total. The second-order valence-corrected chi connectivity index (χ2v) is 7.99. The minimum absolute atomic E-state index is 0.149. The van der Waals surface area contributed by atoms with E-state index in [2.05, 4.69) is 26.0 Å². The molecule has 8 heteroatoms. The van der Waals surface area contributed by atoms with Crippen LogP contribution in [0.3, 0.4) is 0 Å². The van der Waals surface area contributed by atoms with E-state index >= 15 is 0 Å². The third-order valence-corrected chi connectivity index (χ3v) is 5.31. The van der Waals surface area contributed by atoms with Crippen LogP contribution in [-0.4, -0.2) is 28.0 Å². The maximum atomic E-state index is 11.9. The molecule has 0 heterocycles. The van der Waals surface area contributed by atoms with Crippen molar-refractivity contribution in [3.63, 3.8) is 0 Å². The normalized spacial score (nSPS) is 11.1. The van der Waals surface area contributed by atoms with Crippen LogP contribution in [0, 0.1) is 0 Å². The number of ether oxygens (including phenoxy) is 1. The van der Waals surface area contributed by atoms with Crippen molar-refractivity contribution in [3.8, 4) is 5.75 Å². The van der Waals surface area contributed by atoms with Gasteiger partial charge >= 0.3 is 0 Å². The maximum absolute atomic E-state index is 11.9. The molecule has 2 aromatic rings. The van der Waals surface area contributed by atoms with Crippen molar-refractivity contribution >= 4 is 37.5 Å². The highest BCUT2D eigenvalue weighted by Crippen LogP contribution is 2.17. The molecular formula is C17H19BrN2O4S. The Kier molecular flexibility index (Phi) is 6.98. The van der Waals surface area contributed by atoms with E-state index in [0.29, 0.717) is 25.1 Å². The molecule has 25 heavy (non-hydrogen) atoms. The Morgan fingerprint density at radius 3 is 2.32 bits per heavy atom. The molecule has 0 saturated heterocycles. The minimum Gasteiger partial charge on any atom is -0.494 e. The van der Waals surface area contributed by atoms with E-state index in [4.69, 9.17) is 4.74 Å². The van der Waals surface area contributed by atoms with Crippen LogP contribution in [0.15, 0.2) is 57.9 Å². The van der Waals surface area contributed by atoms with Gasteiger partial charge < -0.3 is 10.1 Å². The molecule has 0 aliphatic heterocycles. The van der Waals surface area contributed by atoms with Crippen molar-refractivity contribution in [3.05, 3.63) is 53.0 Å². The van der Waals surface area contributed by atoms with Gasteiger partial charge in [0.1, 0.15) is 5.75 Å².